The van der Waals surface area contributed by atoms with Gasteiger partial charge in [0.05, 0.1) is 32.5 Å². The van der Waals surface area contributed by atoms with Crippen LogP contribution >= 0.6 is 0 Å². The van der Waals surface area contributed by atoms with E-state index in [9.17, 15) is 13.6 Å². The number of hydrogen-bond donors (Lipinski definition) is 0. The number of benzene rings is 3. The first-order valence-corrected chi connectivity index (χ1v) is 11.8. The number of methoxy groups -OCH3 is 2. The minimum Gasteiger partial charge on any atom is -0.497 e. The number of hydrogen-bond acceptors (Lipinski definition) is 6. The van der Waals surface area contributed by atoms with E-state index in [4.69, 9.17) is 14.6 Å². The number of alkyl halides is 2. The Hall–Kier alpha value is -3.98. The minimum absolute atomic E-state index is 0.0397. The molecule has 194 valence electrons. The van der Waals surface area contributed by atoms with Crippen LogP contribution < -0.4 is 14.2 Å². The van der Waals surface area contributed by atoms with Gasteiger partial charge in [-0.25, -0.2) is 5.01 Å². The molecule has 0 saturated heterocycles. The van der Waals surface area contributed by atoms with Crippen LogP contribution in [-0.4, -0.2) is 56.0 Å². The third kappa shape index (κ3) is 6.42. The molecule has 1 heterocycles. The highest BCUT2D eigenvalue weighted by Gasteiger charge is 2.33. The molecule has 0 fully saturated rings. The third-order valence-electron chi connectivity index (χ3n) is 6.08. The summed E-state index contributed by atoms with van der Waals surface area (Å²) < 4.78 is 40.2. The molecule has 3 aromatic rings. The van der Waals surface area contributed by atoms with Crippen LogP contribution in [-0.2, 0) is 11.3 Å². The van der Waals surface area contributed by atoms with Crippen molar-refractivity contribution in [2.45, 2.75) is 25.6 Å². The largest absolute Gasteiger partial charge is 0.497 e. The van der Waals surface area contributed by atoms with Gasteiger partial charge in [0.2, 0.25) is 0 Å². The second kappa shape index (κ2) is 11.8. The average molecular weight is 510 g/mol. The van der Waals surface area contributed by atoms with Gasteiger partial charge in [-0.05, 0) is 48.0 Å². The topological polar surface area (TPSA) is 63.6 Å². The Morgan fingerprint density at radius 3 is 2.41 bits per heavy atom. The summed E-state index contributed by atoms with van der Waals surface area (Å²) in [6, 6.07) is 22.0. The van der Waals surface area contributed by atoms with Gasteiger partial charge >= 0.3 is 6.61 Å². The zero-order valence-corrected chi connectivity index (χ0v) is 20.9. The van der Waals surface area contributed by atoms with Crippen LogP contribution in [0.5, 0.6) is 17.2 Å². The number of rotatable bonds is 10. The number of amides is 1. The van der Waals surface area contributed by atoms with Gasteiger partial charge in [0.15, 0.2) is 11.5 Å². The van der Waals surface area contributed by atoms with E-state index in [1.165, 1.54) is 13.2 Å². The third-order valence-corrected chi connectivity index (χ3v) is 6.08. The van der Waals surface area contributed by atoms with Crippen molar-refractivity contribution < 1.29 is 27.8 Å². The number of hydrazone groups is 1. The van der Waals surface area contributed by atoms with E-state index in [0.29, 0.717) is 13.0 Å². The number of nitrogens with zero attached hydrogens (tertiary/aromatic N) is 3. The monoisotopic (exact) mass is 509 g/mol. The molecule has 1 amide bonds. The Bertz CT molecular complexity index is 1240. The second-order valence-electron chi connectivity index (χ2n) is 8.68. The molecular weight excluding hydrogens is 480 g/mol. The highest BCUT2D eigenvalue weighted by atomic mass is 19.3. The highest BCUT2D eigenvalue weighted by Crippen LogP contribution is 2.34. The number of carbonyl (C=O) groups excluding carboxylic acids is 1. The van der Waals surface area contributed by atoms with Gasteiger partial charge in [0, 0.05) is 13.0 Å². The molecule has 1 aliphatic rings. The summed E-state index contributed by atoms with van der Waals surface area (Å²) >= 11 is 0. The van der Waals surface area contributed by atoms with E-state index in [1.54, 1.807) is 24.3 Å². The summed E-state index contributed by atoms with van der Waals surface area (Å²) in [6.45, 7) is -2.44. The van der Waals surface area contributed by atoms with E-state index in [1.807, 2.05) is 66.5 Å². The molecule has 0 saturated carbocycles. The fraction of sp³-hybridized carbons (Fsp3) is 0.286. The Balaban J connectivity index is 1.50. The number of likely N-dealkylation sites (N-methyl/N-ethyl adjacent to an activating group) is 1. The molecule has 0 bridgehead atoms. The van der Waals surface area contributed by atoms with Gasteiger partial charge in [-0.15, -0.1) is 0 Å². The van der Waals surface area contributed by atoms with Crippen LogP contribution in [0.4, 0.5) is 8.78 Å². The lowest BCUT2D eigenvalue weighted by Crippen LogP contribution is -2.36. The molecule has 0 spiro atoms. The summed E-state index contributed by atoms with van der Waals surface area (Å²) in [5.74, 6) is 0.749. The van der Waals surface area contributed by atoms with E-state index in [0.717, 1.165) is 28.2 Å². The standard InChI is InChI=1S/C28H29F2N3O4/c1-32(17-19-9-14-25(37-28(29)30)26(15-19)36-3)18-27(34)33-24(21-10-12-22(35-2)13-11-21)16-23(31-33)20-7-5-4-6-8-20/h4-15,24,28H,16-18H2,1-3H3. The van der Waals surface area contributed by atoms with E-state index in [-0.39, 0.29) is 30.0 Å². The molecule has 37 heavy (non-hydrogen) atoms. The lowest BCUT2D eigenvalue weighted by atomic mass is 9.98. The molecule has 9 heteroatoms. The summed E-state index contributed by atoms with van der Waals surface area (Å²) in [6.07, 6.45) is 0.592. The first kappa shape index (κ1) is 26.1. The number of halogens is 2. The Morgan fingerprint density at radius 2 is 1.76 bits per heavy atom. The summed E-state index contributed by atoms with van der Waals surface area (Å²) in [5.41, 5.74) is 3.57. The molecule has 1 unspecified atom stereocenters. The van der Waals surface area contributed by atoms with Crippen LogP contribution in [0.3, 0.4) is 0 Å². The summed E-state index contributed by atoms with van der Waals surface area (Å²) in [7, 11) is 4.82. The van der Waals surface area contributed by atoms with Gasteiger partial charge in [0.1, 0.15) is 5.75 Å². The van der Waals surface area contributed by atoms with Crippen molar-refractivity contribution in [2.75, 3.05) is 27.8 Å². The predicted molar refractivity (Wildman–Crippen MR) is 136 cm³/mol. The smallest absolute Gasteiger partial charge is 0.387 e. The van der Waals surface area contributed by atoms with E-state index < -0.39 is 6.61 Å². The highest BCUT2D eigenvalue weighted by molar-refractivity contribution is 6.03. The lowest BCUT2D eigenvalue weighted by Gasteiger charge is -2.25. The number of ether oxygens (including phenoxy) is 3. The van der Waals surface area contributed by atoms with Gasteiger partial charge in [0.25, 0.3) is 5.91 Å². The predicted octanol–water partition coefficient (Wildman–Crippen LogP) is 5.11. The van der Waals surface area contributed by atoms with Crippen LogP contribution in [0.1, 0.15) is 29.2 Å². The van der Waals surface area contributed by atoms with Gasteiger partial charge in [-0.3, -0.25) is 9.69 Å². The zero-order chi connectivity index (χ0) is 26.4. The van der Waals surface area contributed by atoms with Crippen LogP contribution in [0.15, 0.2) is 77.9 Å². The molecular formula is C28H29F2N3O4. The average Bonchev–Trinajstić information content (AvgIpc) is 3.35. The molecule has 1 aliphatic heterocycles. The maximum atomic E-state index is 13.5. The van der Waals surface area contributed by atoms with Crippen LogP contribution in [0.2, 0.25) is 0 Å². The molecule has 3 aromatic carbocycles. The van der Waals surface area contributed by atoms with Crippen molar-refractivity contribution >= 4 is 11.6 Å². The van der Waals surface area contributed by atoms with Gasteiger partial charge in [-0.1, -0.05) is 48.5 Å². The molecule has 7 nitrogen and oxygen atoms in total. The maximum Gasteiger partial charge on any atom is 0.387 e. The summed E-state index contributed by atoms with van der Waals surface area (Å²) in [5, 5.41) is 6.28. The quantitative estimate of drug-likeness (QED) is 0.380. The van der Waals surface area contributed by atoms with Gasteiger partial charge in [-0.2, -0.15) is 13.9 Å². The molecule has 4 rings (SSSR count). The Morgan fingerprint density at radius 1 is 1.03 bits per heavy atom. The van der Waals surface area contributed by atoms with Crippen molar-refractivity contribution in [3.05, 3.63) is 89.5 Å². The summed E-state index contributed by atoms with van der Waals surface area (Å²) in [4.78, 5) is 15.3. The first-order valence-electron chi connectivity index (χ1n) is 11.8. The van der Waals surface area contributed by atoms with Crippen molar-refractivity contribution in [3.8, 4) is 17.2 Å². The molecule has 0 aliphatic carbocycles. The SMILES string of the molecule is COc1ccc(C2CC(c3ccccc3)=NN2C(=O)CN(C)Cc2ccc(OC(F)F)c(OC)c2)cc1. The molecule has 1 atom stereocenters. The Labute approximate surface area is 214 Å². The molecule has 0 radical (unpaired) electrons. The molecule has 0 aromatic heterocycles. The van der Waals surface area contributed by atoms with Crippen molar-refractivity contribution in [2.24, 2.45) is 5.10 Å². The minimum atomic E-state index is -2.94. The zero-order valence-electron chi connectivity index (χ0n) is 20.9. The number of carbonyl (C=O) groups is 1. The van der Waals surface area contributed by atoms with Crippen molar-refractivity contribution in [1.29, 1.82) is 0 Å². The van der Waals surface area contributed by atoms with Crippen molar-refractivity contribution in [3.63, 3.8) is 0 Å². The van der Waals surface area contributed by atoms with E-state index >= 15 is 0 Å². The first-order chi connectivity index (χ1) is 17.9. The van der Waals surface area contributed by atoms with Crippen LogP contribution in [0, 0.1) is 0 Å². The van der Waals surface area contributed by atoms with Crippen molar-refractivity contribution in [1.82, 2.24) is 9.91 Å². The lowest BCUT2D eigenvalue weighted by molar-refractivity contribution is -0.134. The van der Waals surface area contributed by atoms with E-state index in [2.05, 4.69) is 4.74 Å². The Kier molecular flexibility index (Phi) is 8.35. The maximum absolute atomic E-state index is 13.5. The molecule has 0 N–H and O–H groups in total. The van der Waals surface area contributed by atoms with Crippen LogP contribution in [0.25, 0.3) is 0 Å². The fourth-order valence-corrected chi connectivity index (χ4v) is 4.31. The normalized spacial score (nSPS) is 15.2. The fourth-order valence-electron chi connectivity index (χ4n) is 4.31. The van der Waals surface area contributed by atoms with Gasteiger partial charge < -0.3 is 14.2 Å². The second-order valence-corrected chi connectivity index (χ2v) is 8.68.